The van der Waals surface area contributed by atoms with Gasteiger partial charge in [-0.1, -0.05) is 6.58 Å². The molecule has 6 nitrogen and oxygen atoms in total. The number of carboxylic acids is 2. The van der Waals surface area contributed by atoms with E-state index in [-0.39, 0.29) is 5.97 Å². The molecule has 0 saturated carbocycles. The maximum atomic E-state index is 9.97. The molecule has 0 aliphatic heterocycles. The minimum absolute atomic E-state index is 0.312. The van der Waals surface area contributed by atoms with E-state index in [0.717, 1.165) is 0 Å². The van der Waals surface area contributed by atoms with Gasteiger partial charge in [-0.2, -0.15) is 0 Å². The number of hydrogen-bond acceptors (Lipinski definition) is 4. The number of carboxylic acid groups (broad SMARTS) is 2. The van der Waals surface area contributed by atoms with E-state index in [1.807, 2.05) is 0 Å². The van der Waals surface area contributed by atoms with Crippen LogP contribution in [0.2, 0.25) is 0 Å². The molecular weight excluding hydrogens is 204 g/mol. The fourth-order valence-corrected chi connectivity index (χ4v) is 0.388. The molecule has 0 fully saturated rings. The van der Waals surface area contributed by atoms with Crippen LogP contribution in [0.25, 0.3) is 0 Å². The van der Waals surface area contributed by atoms with Crippen molar-refractivity contribution in [1.29, 1.82) is 0 Å². The van der Waals surface area contributed by atoms with Crippen molar-refractivity contribution < 1.29 is 29.3 Å². The number of allylic oxidation sites excluding steroid dienone is 1. The lowest BCUT2D eigenvalue weighted by molar-refractivity contribution is -0.136. The van der Waals surface area contributed by atoms with Gasteiger partial charge < -0.3 is 14.9 Å². The Kier molecular flexibility index (Phi) is 8.69. The minimum Gasteiger partial charge on any atom is -0.478 e. The molecule has 84 valence electrons. The van der Waals surface area contributed by atoms with Gasteiger partial charge in [-0.15, -0.1) is 0 Å². The fraction of sp³-hybridized carbons (Fsp3) is 0.222. The highest BCUT2D eigenvalue weighted by Gasteiger charge is 1.88. The monoisotopic (exact) mass is 216 g/mol. The first-order valence-corrected chi connectivity index (χ1v) is 3.73. The Morgan fingerprint density at radius 2 is 1.40 bits per heavy atom. The predicted octanol–water partition coefficient (Wildman–Crippen LogP) is 0.795. The Morgan fingerprint density at radius 1 is 1.07 bits per heavy atom. The summed E-state index contributed by atoms with van der Waals surface area (Å²) in [7, 11) is 0. The smallest absolute Gasteiger partial charge is 0.328 e. The third kappa shape index (κ3) is 24.5. The van der Waals surface area contributed by atoms with Crippen molar-refractivity contribution >= 4 is 17.9 Å². The largest absolute Gasteiger partial charge is 0.478 e. The zero-order valence-electron chi connectivity index (χ0n) is 8.39. The molecule has 0 radical (unpaired) electrons. The van der Waals surface area contributed by atoms with Crippen molar-refractivity contribution in [2.45, 2.75) is 13.8 Å². The van der Waals surface area contributed by atoms with Crippen molar-refractivity contribution in [2.75, 3.05) is 0 Å². The lowest BCUT2D eigenvalue weighted by Crippen LogP contribution is -1.93. The summed E-state index contributed by atoms with van der Waals surface area (Å²) in [4.78, 5) is 29.1. The van der Waals surface area contributed by atoms with E-state index in [4.69, 9.17) is 10.2 Å². The highest BCUT2D eigenvalue weighted by Crippen LogP contribution is 1.87. The number of aliphatic carboxylic acids is 2. The van der Waals surface area contributed by atoms with Crippen LogP contribution >= 0.6 is 0 Å². The maximum absolute atomic E-state index is 9.97. The Morgan fingerprint density at radius 3 is 1.47 bits per heavy atom. The molecule has 0 rings (SSSR count). The summed E-state index contributed by atoms with van der Waals surface area (Å²) in [5, 5.41) is 15.6. The highest BCUT2D eigenvalue weighted by molar-refractivity contribution is 5.89. The number of rotatable bonds is 3. The Hall–Kier alpha value is -2.11. The highest BCUT2D eigenvalue weighted by atomic mass is 16.5. The van der Waals surface area contributed by atoms with Gasteiger partial charge in [-0.05, 0) is 6.92 Å². The van der Waals surface area contributed by atoms with Gasteiger partial charge in [-0.25, -0.2) is 9.59 Å². The molecule has 0 atom stereocenters. The molecule has 0 bridgehead atoms. The summed E-state index contributed by atoms with van der Waals surface area (Å²) in [6.07, 6.45) is 1.12. The van der Waals surface area contributed by atoms with E-state index in [1.54, 1.807) is 6.92 Å². The summed E-state index contributed by atoms with van der Waals surface area (Å²) in [5.41, 5.74) is 0. The zero-order chi connectivity index (χ0) is 12.4. The van der Waals surface area contributed by atoms with Gasteiger partial charge in [0.1, 0.15) is 0 Å². The number of esters is 1. The average molecular weight is 216 g/mol. The summed E-state index contributed by atoms with van der Waals surface area (Å²) in [6, 6.07) is 0. The third-order valence-corrected chi connectivity index (χ3v) is 0.686. The summed E-state index contributed by atoms with van der Waals surface area (Å²) in [6.45, 7) is 6.32. The molecule has 0 unspecified atom stereocenters. The van der Waals surface area contributed by atoms with Crippen LogP contribution in [0.3, 0.4) is 0 Å². The van der Waals surface area contributed by atoms with E-state index in [2.05, 4.69) is 11.3 Å². The molecule has 2 N–H and O–H groups in total. The quantitative estimate of drug-likeness (QED) is 0.411. The van der Waals surface area contributed by atoms with E-state index in [1.165, 1.54) is 6.92 Å². The lowest BCUT2D eigenvalue weighted by Gasteiger charge is -1.93. The van der Waals surface area contributed by atoms with Crippen LogP contribution in [0.4, 0.5) is 0 Å². The maximum Gasteiger partial charge on any atom is 0.328 e. The second-order valence-corrected chi connectivity index (χ2v) is 2.31. The van der Waals surface area contributed by atoms with E-state index < -0.39 is 11.9 Å². The summed E-state index contributed by atoms with van der Waals surface area (Å²) in [5.74, 6) is -2.39. The number of ether oxygens (including phenoxy) is 1. The van der Waals surface area contributed by atoms with Crippen LogP contribution in [0, 0.1) is 0 Å². The third-order valence-electron chi connectivity index (χ3n) is 0.686. The normalized spacial score (nSPS) is 8.67. The number of carbonyl (C=O) groups excluding carboxylic acids is 1. The van der Waals surface area contributed by atoms with Gasteiger partial charge in [0.15, 0.2) is 0 Å². The zero-order valence-corrected chi connectivity index (χ0v) is 8.39. The van der Waals surface area contributed by atoms with Crippen LogP contribution in [-0.2, 0) is 19.1 Å². The van der Waals surface area contributed by atoms with E-state index in [0.29, 0.717) is 17.9 Å². The van der Waals surface area contributed by atoms with E-state index >= 15 is 0 Å². The van der Waals surface area contributed by atoms with Gasteiger partial charge >= 0.3 is 17.9 Å². The Labute approximate surface area is 86.5 Å². The van der Waals surface area contributed by atoms with Crippen molar-refractivity contribution in [2.24, 2.45) is 0 Å². The molecule has 0 aromatic rings. The molecule has 0 heterocycles. The average Bonchev–Trinajstić information content (AvgIpc) is 1.99. The van der Waals surface area contributed by atoms with Gasteiger partial charge in [0.2, 0.25) is 0 Å². The van der Waals surface area contributed by atoms with Crippen LogP contribution in [0.1, 0.15) is 13.8 Å². The second-order valence-electron chi connectivity index (χ2n) is 2.31. The first kappa shape index (κ1) is 15.4. The summed E-state index contributed by atoms with van der Waals surface area (Å²) >= 11 is 0. The minimum atomic E-state index is -1.26. The molecule has 0 aromatic carbocycles. The predicted molar refractivity (Wildman–Crippen MR) is 51.0 cm³/mol. The molecule has 0 aliphatic rings. The van der Waals surface area contributed by atoms with Crippen LogP contribution in [0.15, 0.2) is 24.5 Å². The molecule has 15 heavy (non-hydrogen) atoms. The van der Waals surface area contributed by atoms with Crippen molar-refractivity contribution in [3.8, 4) is 0 Å². The SMILES string of the molecule is C=C(C)OC(C)=O.O=C(O)/C=C\C(=O)O. The Balaban J connectivity index is 0. The van der Waals surface area contributed by atoms with Gasteiger partial charge in [-0.3, -0.25) is 4.79 Å². The van der Waals surface area contributed by atoms with Crippen molar-refractivity contribution in [3.63, 3.8) is 0 Å². The fourth-order valence-electron chi connectivity index (χ4n) is 0.388. The van der Waals surface area contributed by atoms with Gasteiger partial charge in [0.25, 0.3) is 0 Å². The molecular formula is C9H12O6. The number of hydrogen-bond donors (Lipinski definition) is 2. The molecule has 6 heteroatoms. The second kappa shape index (κ2) is 8.49. The summed E-state index contributed by atoms with van der Waals surface area (Å²) < 4.78 is 4.42. The molecule has 0 saturated heterocycles. The standard InChI is InChI=1S/C5H8O2.C4H4O4/c1-4(2)7-5(3)6;5-3(6)1-2-4(7)8/h1H2,2-3H3;1-2H,(H,5,6)(H,7,8)/b;2-1-. The molecule has 0 spiro atoms. The topological polar surface area (TPSA) is 101 Å². The van der Waals surface area contributed by atoms with Gasteiger partial charge in [0.05, 0.1) is 5.76 Å². The van der Waals surface area contributed by atoms with Crippen LogP contribution in [0.5, 0.6) is 0 Å². The van der Waals surface area contributed by atoms with Crippen LogP contribution < -0.4 is 0 Å². The molecule has 0 amide bonds. The van der Waals surface area contributed by atoms with Gasteiger partial charge in [0, 0.05) is 19.1 Å². The Bertz CT molecular complexity index is 261. The molecule has 0 aromatic heterocycles. The van der Waals surface area contributed by atoms with E-state index in [9.17, 15) is 14.4 Å². The van der Waals surface area contributed by atoms with Crippen molar-refractivity contribution in [1.82, 2.24) is 0 Å². The lowest BCUT2D eigenvalue weighted by atomic mass is 10.5. The first-order valence-electron chi connectivity index (χ1n) is 3.73. The number of carbonyl (C=O) groups is 3. The van der Waals surface area contributed by atoms with Crippen molar-refractivity contribution in [3.05, 3.63) is 24.5 Å². The van der Waals surface area contributed by atoms with Crippen LogP contribution in [-0.4, -0.2) is 28.1 Å². The first-order chi connectivity index (χ1) is 6.75. The molecule has 0 aliphatic carbocycles.